The van der Waals surface area contributed by atoms with Crippen molar-refractivity contribution in [3.8, 4) is 0 Å². The van der Waals surface area contributed by atoms with Gasteiger partial charge in [-0.05, 0) is 30.2 Å². The van der Waals surface area contributed by atoms with E-state index in [0.29, 0.717) is 12.3 Å². The molecule has 1 amide bonds. The van der Waals surface area contributed by atoms with Crippen LogP contribution >= 0.6 is 23.1 Å². The normalized spacial score (nSPS) is 19.4. The van der Waals surface area contributed by atoms with Gasteiger partial charge in [0.1, 0.15) is 0 Å². The number of rotatable bonds is 5. The molecule has 2 rings (SSSR count). The van der Waals surface area contributed by atoms with Gasteiger partial charge in [0.05, 0.1) is 9.96 Å². The Morgan fingerprint density at radius 2 is 2.37 bits per heavy atom. The van der Waals surface area contributed by atoms with Gasteiger partial charge in [0.2, 0.25) is 5.91 Å². The fourth-order valence-electron chi connectivity index (χ4n) is 2.27. The Bertz CT molecular complexity index is 433. The van der Waals surface area contributed by atoms with Crippen LogP contribution in [0.3, 0.4) is 0 Å². The molecular weight excluding hydrogens is 282 g/mol. The number of nitrogens with zero attached hydrogens (tertiary/aromatic N) is 1. The average molecular weight is 299 g/mol. The summed E-state index contributed by atoms with van der Waals surface area (Å²) in [6.07, 6.45) is 1.99. The van der Waals surface area contributed by atoms with Gasteiger partial charge < -0.3 is 10.0 Å². The monoisotopic (exact) mass is 299 g/mol. The van der Waals surface area contributed by atoms with Gasteiger partial charge in [-0.2, -0.15) is 0 Å². The minimum absolute atomic E-state index is 0.113. The molecule has 0 spiro atoms. The predicted octanol–water partition coefficient (Wildman–Crippen LogP) is 2.55. The zero-order valence-electron chi connectivity index (χ0n) is 10.6. The first-order valence-electron chi connectivity index (χ1n) is 6.31. The van der Waals surface area contributed by atoms with E-state index in [2.05, 4.69) is 0 Å². The number of carboxylic acid groups (broad SMARTS) is 1. The number of hydrogen-bond donors (Lipinski definition) is 1. The molecule has 0 bridgehead atoms. The molecule has 1 atom stereocenters. The van der Waals surface area contributed by atoms with Crippen LogP contribution < -0.4 is 0 Å². The number of thiophene rings is 1. The molecule has 1 saturated heterocycles. The van der Waals surface area contributed by atoms with E-state index in [-0.39, 0.29) is 18.2 Å². The SMILES string of the molecule is O=C(O)CC1CCCN(C(=O)CSc2cccs2)C1. The zero-order chi connectivity index (χ0) is 13.7. The fraction of sp³-hybridized carbons (Fsp3) is 0.538. The van der Waals surface area contributed by atoms with Crippen LogP contribution in [0.25, 0.3) is 0 Å². The highest BCUT2D eigenvalue weighted by Crippen LogP contribution is 2.25. The summed E-state index contributed by atoms with van der Waals surface area (Å²) in [5.41, 5.74) is 0. The van der Waals surface area contributed by atoms with Crippen LogP contribution in [0.2, 0.25) is 0 Å². The van der Waals surface area contributed by atoms with Gasteiger partial charge in [0.25, 0.3) is 0 Å². The number of thioether (sulfide) groups is 1. The molecular formula is C13H17NO3S2. The van der Waals surface area contributed by atoms with Crippen LogP contribution in [0.15, 0.2) is 21.7 Å². The van der Waals surface area contributed by atoms with E-state index in [4.69, 9.17) is 5.11 Å². The third-order valence-corrected chi connectivity index (χ3v) is 5.28. The van der Waals surface area contributed by atoms with E-state index in [1.807, 2.05) is 22.4 Å². The second-order valence-corrected chi connectivity index (χ2v) is 6.89. The van der Waals surface area contributed by atoms with Crippen LogP contribution in [0.5, 0.6) is 0 Å². The Kier molecular flexibility index (Phi) is 5.27. The smallest absolute Gasteiger partial charge is 0.303 e. The summed E-state index contributed by atoms with van der Waals surface area (Å²) >= 11 is 3.19. The molecule has 1 fully saturated rings. The van der Waals surface area contributed by atoms with Crippen molar-refractivity contribution in [1.82, 2.24) is 4.90 Å². The third kappa shape index (κ3) is 4.54. The largest absolute Gasteiger partial charge is 0.481 e. The van der Waals surface area contributed by atoms with E-state index >= 15 is 0 Å². The van der Waals surface area contributed by atoms with Gasteiger partial charge in [0.15, 0.2) is 0 Å². The van der Waals surface area contributed by atoms with Gasteiger partial charge in [-0.1, -0.05) is 6.07 Å². The van der Waals surface area contributed by atoms with E-state index in [9.17, 15) is 9.59 Å². The topological polar surface area (TPSA) is 57.6 Å². The summed E-state index contributed by atoms with van der Waals surface area (Å²) < 4.78 is 1.15. The lowest BCUT2D eigenvalue weighted by molar-refractivity contribution is -0.140. The van der Waals surface area contributed by atoms with Crippen molar-refractivity contribution < 1.29 is 14.7 Å². The van der Waals surface area contributed by atoms with E-state index in [0.717, 1.165) is 23.6 Å². The second kappa shape index (κ2) is 6.96. The molecule has 0 radical (unpaired) electrons. The van der Waals surface area contributed by atoms with Crippen LogP contribution in [0, 0.1) is 5.92 Å². The minimum atomic E-state index is -0.771. The molecule has 6 heteroatoms. The fourth-order valence-corrected chi connectivity index (χ4v) is 3.96. The molecule has 1 unspecified atom stereocenters. The summed E-state index contributed by atoms with van der Waals surface area (Å²) in [5.74, 6) is -0.0944. The molecule has 2 heterocycles. The van der Waals surface area contributed by atoms with Crippen molar-refractivity contribution in [3.63, 3.8) is 0 Å². The van der Waals surface area contributed by atoms with Crippen molar-refractivity contribution >= 4 is 35.0 Å². The number of likely N-dealkylation sites (tertiary alicyclic amines) is 1. The number of carbonyl (C=O) groups excluding carboxylic acids is 1. The summed E-state index contributed by atoms with van der Waals surface area (Å²) in [6.45, 7) is 1.36. The Morgan fingerprint density at radius 3 is 3.05 bits per heavy atom. The number of piperidine rings is 1. The molecule has 1 aliphatic rings. The molecule has 0 saturated carbocycles. The van der Waals surface area contributed by atoms with Crippen molar-refractivity contribution in [2.24, 2.45) is 5.92 Å². The van der Waals surface area contributed by atoms with Gasteiger partial charge >= 0.3 is 5.97 Å². The highest BCUT2D eigenvalue weighted by molar-refractivity contribution is 8.01. The predicted molar refractivity (Wildman–Crippen MR) is 76.6 cm³/mol. The Morgan fingerprint density at radius 1 is 1.53 bits per heavy atom. The molecule has 104 valence electrons. The van der Waals surface area contributed by atoms with E-state index in [1.54, 1.807) is 23.1 Å². The highest BCUT2D eigenvalue weighted by atomic mass is 32.2. The average Bonchev–Trinajstić information content (AvgIpc) is 2.88. The van der Waals surface area contributed by atoms with Gasteiger partial charge in [0, 0.05) is 19.5 Å². The number of amides is 1. The third-order valence-electron chi connectivity index (χ3n) is 3.17. The number of aliphatic carboxylic acids is 1. The highest BCUT2D eigenvalue weighted by Gasteiger charge is 2.25. The van der Waals surface area contributed by atoms with Crippen LogP contribution in [-0.2, 0) is 9.59 Å². The van der Waals surface area contributed by atoms with Crippen molar-refractivity contribution in [3.05, 3.63) is 17.5 Å². The van der Waals surface area contributed by atoms with E-state index in [1.165, 1.54) is 0 Å². The van der Waals surface area contributed by atoms with Gasteiger partial charge in [-0.3, -0.25) is 9.59 Å². The zero-order valence-corrected chi connectivity index (χ0v) is 12.2. The maximum Gasteiger partial charge on any atom is 0.303 e. The first-order valence-corrected chi connectivity index (χ1v) is 8.17. The second-order valence-electron chi connectivity index (χ2n) is 4.67. The maximum atomic E-state index is 12.1. The van der Waals surface area contributed by atoms with Gasteiger partial charge in [-0.25, -0.2) is 0 Å². The molecule has 1 aromatic heterocycles. The number of carboxylic acids is 1. The maximum absolute atomic E-state index is 12.1. The van der Waals surface area contributed by atoms with Crippen molar-refractivity contribution in [2.45, 2.75) is 23.5 Å². The molecule has 1 aromatic rings. The number of hydrogen-bond acceptors (Lipinski definition) is 4. The standard InChI is InChI=1S/C13H17NO3S2/c15-11(9-19-13-4-2-6-18-13)14-5-1-3-10(8-14)7-12(16)17/h2,4,6,10H,1,3,5,7-9H2,(H,16,17). The molecule has 0 aliphatic carbocycles. The summed E-state index contributed by atoms with van der Waals surface area (Å²) in [7, 11) is 0. The molecule has 1 aliphatic heterocycles. The molecule has 4 nitrogen and oxygen atoms in total. The summed E-state index contributed by atoms with van der Waals surface area (Å²) in [5, 5.41) is 10.8. The first kappa shape index (κ1) is 14.4. The summed E-state index contributed by atoms with van der Waals surface area (Å²) in [4.78, 5) is 24.6. The number of carbonyl (C=O) groups is 2. The lowest BCUT2D eigenvalue weighted by Gasteiger charge is -2.32. The van der Waals surface area contributed by atoms with Crippen molar-refractivity contribution in [2.75, 3.05) is 18.8 Å². The Labute approximate surface area is 120 Å². The van der Waals surface area contributed by atoms with Gasteiger partial charge in [-0.15, -0.1) is 23.1 Å². The lowest BCUT2D eigenvalue weighted by Crippen LogP contribution is -2.41. The van der Waals surface area contributed by atoms with Crippen molar-refractivity contribution in [1.29, 1.82) is 0 Å². The van der Waals surface area contributed by atoms with Crippen LogP contribution in [-0.4, -0.2) is 40.7 Å². The Hall–Kier alpha value is -1.01. The molecule has 0 aromatic carbocycles. The lowest BCUT2D eigenvalue weighted by atomic mass is 9.95. The minimum Gasteiger partial charge on any atom is -0.481 e. The molecule has 19 heavy (non-hydrogen) atoms. The van der Waals surface area contributed by atoms with E-state index < -0.39 is 5.97 Å². The Balaban J connectivity index is 1.79. The van der Waals surface area contributed by atoms with Crippen LogP contribution in [0.4, 0.5) is 0 Å². The molecule has 1 N–H and O–H groups in total. The van der Waals surface area contributed by atoms with Crippen LogP contribution in [0.1, 0.15) is 19.3 Å². The summed E-state index contributed by atoms with van der Waals surface area (Å²) in [6, 6.07) is 3.98. The quantitative estimate of drug-likeness (QED) is 0.849. The first-order chi connectivity index (χ1) is 9.15.